The summed E-state index contributed by atoms with van der Waals surface area (Å²) in [7, 11) is -2.64. The predicted octanol–water partition coefficient (Wildman–Crippen LogP) is 1.90. The van der Waals surface area contributed by atoms with E-state index in [1.165, 1.54) is 11.3 Å². The summed E-state index contributed by atoms with van der Waals surface area (Å²) in [6.07, 6.45) is 0. The highest BCUT2D eigenvalue weighted by molar-refractivity contribution is 8.00. The van der Waals surface area contributed by atoms with E-state index in [9.17, 15) is 4.21 Å². The van der Waals surface area contributed by atoms with E-state index in [0.717, 1.165) is 4.70 Å². The molecule has 0 aliphatic carbocycles. The maximum atomic E-state index is 11.5. The number of rotatable bonds is 1. The Morgan fingerprint density at radius 1 is 1.57 bits per heavy atom. The number of hydrogen-bond acceptors (Lipinski definition) is 3. The topological polar surface area (TPSA) is 56.0 Å². The first-order chi connectivity index (χ1) is 6.47. The minimum atomic E-state index is -2.64. The molecule has 3 nitrogen and oxygen atoms in total. The van der Waals surface area contributed by atoms with Crippen LogP contribution in [0.3, 0.4) is 0 Å². The molecule has 0 aliphatic rings. The Kier molecular flexibility index (Phi) is 2.27. The molecule has 0 bridgehead atoms. The average Bonchev–Trinajstić information content (AvgIpc) is 2.45. The van der Waals surface area contributed by atoms with Crippen molar-refractivity contribution < 1.29 is 4.21 Å². The van der Waals surface area contributed by atoms with Crippen LogP contribution in [0.15, 0.2) is 22.4 Å². The van der Waals surface area contributed by atoms with E-state index in [1.807, 2.05) is 6.07 Å². The Balaban J connectivity index is 2.75. The molecule has 0 saturated heterocycles. The van der Waals surface area contributed by atoms with Gasteiger partial charge >= 0.3 is 0 Å². The van der Waals surface area contributed by atoms with Gasteiger partial charge in [-0.05, 0) is 24.1 Å². The summed E-state index contributed by atoms with van der Waals surface area (Å²) in [6, 6.07) is 5.18. The van der Waals surface area contributed by atoms with E-state index in [4.69, 9.17) is 16.7 Å². The number of aromatic nitrogens is 1. The fourth-order valence-electron chi connectivity index (χ4n) is 1.05. The van der Waals surface area contributed by atoms with Gasteiger partial charge in [-0.3, -0.25) is 5.14 Å². The van der Waals surface area contributed by atoms with E-state index in [0.29, 0.717) is 14.9 Å². The van der Waals surface area contributed by atoms with Crippen LogP contribution in [0.1, 0.15) is 0 Å². The van der Waals surface area contributed by atoms with Crippen molar-refractivity contribution in [2.24, 2.45) is 5.14 Å². The van der Waals surface area contributed by atoms with Gasteiger partial charge in [0.05, 0.1) is 24.1 Å². The molecule has 2 aromatic rings. The summed E-state index contributed by atoms with van der Waals surface area (Å²) in [5.74, 6) is 3.41. The van der Waals surface area contributed by atoms with E-state index in [2.05, 4.69) is 10.9 Å². The Bertz CT molecular complexity index is 588. The number of halogens is 1. The third-order valence-electron chi connectivity index (χ3n) is 1.66. The summed E-state index contributed by atoms with van der Waals surface area (Å²) in [4.78, 5) is 4.08. The lowest BCUT2D eigenvalue weighted by atomic mass is 10.4. The summed E-state index contributed by atoms with van der Waals surface area (Å²) in [5, 5.41) is 5.84. The molecule has 2 rings (SSSR count). The molecular formula is C8H7ClN2OS2. The van der Waals surface area contributed by atoms with Gasteiger partial charge in [0.1, 0.15) is 5.15 Å². The van der Waals surface area contributed by atoms with Crippen LogP contribution in [-0.2, 0) is 9.71 Å². The van der Waals surface area contributed by atoms with Crippen LogP contribution in [0.4, 0.5) is 0 Å². The summed E-state index contributed by atoms with van der Waals surface area (Å²) < 4.78 is 12.9. The lowest BCUT2D eigenvalue weighted by Crippen LogP contribution is -2.09. The summed E-state index contributed by atoms with van der Waals surface area (Å²) >= 11 is 7.05. The fraction of sp³-hybridized carbons (Fsp3) is 0. The number of nitrogens with two attached hydrogens (primary N) is 1. The molecular weight excluding hydrogens is 240 g/mol. The smallest absolute Gasteiger partial charge is 0.129 e. The first kappa shape index (κ1) is 9.92. The van der Waals surface area contributed by atoms with Crippen LogP contribution >= 0.6 is 22.9 Å². The molecule has 0 radical (unpaired) electrons. The van der Waals surface area contributed by atoms with Crippen molar-refractivity contribution in [3.8, 4) is 0 Å². The van der Waals surface area contributed by atoms with Gasteiger partial charge in [-0.2, -0.15) is 0 Å². The minimum Gasteiger partial charge on any atom is -0.255 e. The van der Waals surface area contributed by atoms with Crippen LogP contribution in [-0.4, -0.2) is 15.1 Å². The molecule has 0 aliphatic heterocycles. The summed E-state index contributed by atoms with van der Waals surface area (Å²) in [6.45, 7) is 0. The lowest BCUT2D eigenvalue weighted by Gasteiger charge is -1.93. The van der Waals surface area contributed by atoms with Crippen LogP contribution in [0.5, 0.6) is 0 Å². The molecule has 1 atom stereocenters. The van der Waals surface area contributed by atoms with Crippen LogP contribution in [0.2, 0.25) is 5.15 Å². The highest BCUT2D eigenvalue weighted by atomic mass is 35.5. The van der Waals surface area contributed by atoms with Crippen molar-refractivity contribution in [2.75, 3.05) is 0 Å². The Morgan fingerprint density at radius 2 is 2.29 bits per heavy atom. The highest BCUT2D eigenvalue weighted by Crippen LogP contribution is 2.27. The monoisotopic (exact) mass is 246 g/mol. The van der Waals surface area contributed by atoms with Gasteiger partial charge in [-0.25, -0.2) is 9.19 Å². The normalized spacial score (nSPS) is 15.6. The van der Waals surface area contributed by atoms with Gasteiger partial charge in [0.15, 0.2) is 0 Å². The highest BCUT2D eigenvalue weighted by Gasteiger charge is 2.08. The van der Waals surface area contributed by atoms with Gasteiger partial charge < -0.3 is 0 Å². The second-order valence-corrected chi connectivity index (χ2v) is 6.43. The Hall–Kier alpha value is -0.620. The largest absolute Gasteiger partial charge is 0.255 e. The van der Waals surface area contributed by atoms with Gasteiger partial charge in [-0.15, -0.1) is 11.3 Å². The maximum absolute atomic E-state index is 11.5. The molecule has 0 aromatic carbocycles. The molecule has 2 N–H and O–H groups in total. The standard InChI is InChI=1S/C8H7ClN2OS2/c1-14(10,12)8-4-5-6(13-8)2-3-7(9)11-5/h2-4H,1H2,(H2,10,12). The Labute approximate surface area is 90.7 Å². The second-order valence-electron chi connectivity index (χ2n) is 2.81. The number of nitrogens with zero attached hydrogens (tertiary/aromatic N) is 1. The molecule has 14 heavy (non-hydrogen) atoms. The van der Waals surface area contributed by atoms with Gasteiger partial charge in [0, 0.05) is 0 Å². The number of thiophene rings is 1. The SMILES string of the molecule is C=S(N)(=O)c1cc2nc(Cl)ccc2s1. The van der Waals surface area contributed by atoms with E-state index in [-0.39, 0.29) is 0 Å². The minimum absolute atomic E-state index is 0.412. The quantitative estimate of drug-likeness (QED) is 0.617. The second kappa shape index (κ2) is 3.20. The van der Waals surface area contributed by atoms with Crippen molar-refractivity contribution in [2.45, 2.75) is 4.21 Å². The molecule has 2 aromatic heterocycles. The van der Waals surface area contributed by atoms with E-state index >= 15 is 0 Å². The molecule has 0 fully saturated rings. The van der Waals surface area contributed by atoms with E-state index < -0.39 is 9.71 Å². The molecule has 1 unspecified atom stereocenters. The zero-order valence-corrected chi connectivity index (χ0v) is 9.46. The van der Waals surface area contributed by atoms with Crippen molar-refractivity contribution >= 4 is 48.7 Å². The zero-order chi connectivity index (χ0) is 10.3. The van der Waals surface area contributed by atoms with Gasteiger partial charge in [0.2, 0.25) is 0 Å². The first-order valence-corrected chi connectivity index (χ1v) is 6.66. The van der Waals surface area contributed by atoms with E-state index in [1.54, 1.807) is 12.1 Å². The Morgan fingerprint density at radius 3 is 2.93 bits per heavy atom. The summed E-state index contributed by atoms with van der Waals surface area (Å²) in [5.41, 5.74) is 0.708. The predicted molar refractivity (Wildman–Crippen MR) is 62.3 cm³/mol. The first-order valence-electron chi connectivity index (χ1n) is 3.68. The molecule has 2 heterocycles. The van der Waals surface area contributed by atoms with Crippen molar-refractivity contribution in [3.63, 3.8) is 0 Å². The zero-order valence-electron chi connectivity index (χ0n) is 7.07. The number of pyridine rings is 1. The van der Waals surface area contributed by atoms with Crippen molar-refractivity contribution in [3.05, 3.63) is 23.4 Å². The molecule has 74 valence electrons. The third-order valence-corrected chi connectivity index (χ3v) is 4.65. The molecule has 0 saturated carbocycles. The number of hydrogen-bond donors (Lipinski definition) is 1. The number of fused-ring (bicyclic) bond motifs is 1. The van der Waals surface area contributed by atoms with Gasteiger partial charge in [-0.1, -0.05) is 11.6 Å². The van der Waals surface area contributed by atoms with Crippen LogP contribution in [0, 0.1) is 0 Å². The van der Waals surface area contributed by atoms with Gasteiger partial charge in [0.25, 0.3) is 0 Å². The van der Waals surface area contributed by atoms with Crippen molar-refractivity contribution in [1.29, 1.82) is 0 Å². The maximum Gasteiger partial charge on any atom is 0.129 e. The average molecular weight is 247 g/mol. The van der Waals surface area contributed by atoms with Crippen molar-refractivity contribution in [1.82, 2.24) is 4.98 Å². The molecule has 6 heteroatoms. The van der Waals surface area contributed by atoms with Crippen LogP contribution < -0.4 is 5.14 Å². The van der Waals surface area contributed by atoms with Crippen LogP contribution in [0.25, 0.3) is 10.2 Å². The fourth-order valence-corrected chi connectivity index (χ4v) is 3.08. The third kappa shape index (κ3) is 1.76. The molecule has 0 spiro atoms. The lowest BCUT2D eigenvalue weighted by molar-refractivity contribution is 0.684. The molecule has 0 amide bonds.